The number of hydrogen-bond donors (Lipinski definition) is 2. The highest BCUT2D eigenvalue weighted by Gasteiger charge is 2.18. The van der Waals surface area contributed by atoms with E-state index in [-0.39, 0.29) is 6.10 Å². The minimum atomic E-state index is -0.848. The van der Waals surface area contributed by atoms with Gasteiger partial charge in [-0.1, -0.05) is 29.3 Å². The van der Waals surface area contributed by atoms with E-state index in [1.54, 1.807) is 18.2 Å². The summed E-state index contributed by atoms with van der Waals surface area (Å²) in [6, 6.07) is 4.85. The smallest absolute Gasteiger partial charge is 0.329 e. The Morgan fingerprint density at radius 1 is 1.36 bits per heavy atom. The van der Waals surface area contributed by atoms with Gasteiger partial charge in [0.15, 0.2) is 0 Å². The van der Waals surface area contributed by atoms with E-state index >= 15 is 0 Å². The molecule has 0 radical (unpaired) electrons. The van der Waals surface area contributed by atoms with Gasteiger partial charge in [-0.05, 0) is 25.0 Å². The largest absolute Gasteiger partial charge is 0.376 e. The van der Waals surface area contributed by atoms with E-state index in [1.807, 2.05) is 0 Å². The highest BCUT2D eigenvalue weighted by atomic mass is 35.5. The van der Waals surface area contributed by atoms with Crippen LogP contribution in [-0.4, -0.2) is 37.3 Å². The molecule has 2 amide bonds. The molecule has 1 heterocycles. The molecule has 2 rings (SSSR count). The van der Waals surface area contributed by atoms with Crippen molar-refractivity contribution in [1.82, 2.24) is 10.7 Å². The summed E-state index contributed by atoms with van der Waals surface area (Å²) in [6.07, 6.45) is 3.17. The van der Waals surface area contributed by atoms with Crippen molar-refractivity contribution in [2.45, 2.75) is 18.9 Å². The maximum atomic E-state index is 11.6. The minimum Gasteiger partial charge on any atom is -0.376 e. The number of nitrogens with zero attached hydrogens (tertiary/aromatic N) is 1. The second kappa shape index (κ2) is 8.12. The molecule has 0 unspecified atom stereocenters. The molecule has 1 saturated heterocycles. The van der Waals surface area contributed by atoms with Crippen LogP contribution < -0.4 is 10.7 Å². The first kappa shape index (κ1) is 16.7. The monoisotopic (exact) mass is 343 g/mol. The fraction of sp³-hybridized carbons (Fsp3) is 0.357. The number of halogens is 2. The molecule has 1 aliphatic rings. The molecule has 118 valence electrons. The summed E-state index contributed by atoms with van der Waals surface area (Å²) in [5, 5.41) is 7.08. The van der Waals surface area contributed by atoms with Crippen LogP contribution in [0.2, 0.25) is 10.0 Å². The molecule has 0 bridgehead atoms. The Morgan fingerprint density at radius 3 is 2.86 bits per heavy atom. The standard InChI is InChI=1S/C14H15Cl2N3O3/c15-10-4-3-9(12(16)6-10)7-18-19-14(21)13(20)17-8-11-2-1-5-22-11/h3-4,6-7,11H,1-2,5,8H2,(H,17,20)(H,19,21)/b18-7-/t11-/m0/s1. The second-order valence-corrected chi connectivity index (χ2v) is 5.55. The summed E-state index contributed by atoms with van der Waals surface area (Å²) in [5.41, 5.74) is 2.71. The molecule has 8 heteroatoms. The van der Waals surface area contributed by atoms with E-state index in [0.29, 0.717) is 28.8 Å². The molecule has 0 aromatic heterocycles. The number of ether oxygens (including phenoxy) is 1. The van der Waals surface area contributed by atoms with Crippen molar-refractivity contribution in [3.05, 3.63) is 33.8 Å². The van der Waals surface area contributed by atoms with E-state index in [9.17, 15) is 9.59 Å². The van der Waals surface area contributed by atoms with Gasteiger partial charge in [0, 0.05) is 23.7 Å². The Morgan fingerprint density at radius 2 is 2.18 bits per heavy atom. The molecule has 1 aliphatic heterocycles. The maximum Gasteiger partial charge on any atom is 0.329 e. The predicted molar refractivity (Wildman–Crippen MR) is 84.2 cm³/mol. The molecule has 6 nitrogen and oxygen atoms in total. The lowest BCUT2D eigenvalue weighted by atomic mass is 10.2. The first-order valence-corrected chi connectivity index (χ1v) is 7.50. The van der Waals surface area contributed by atoms with Crippen LogP contribution in [0.15, 0.2) is 23.3 Å². The lowest BCUT2D eigenvalue weighted by Crippen LogP contribution is -2.41. The molecule has 1 aromatic carbocycles. The summed E-state index contributed by atoms with van der Waals surface area (Å²) in [4.78, 5) is 23.1. The van der Waals surface area contributed by atoms with Crippen molar-refractivity contribution in [3.8, 4) is 0 Å². The van der Waals surface area contributed by atoms with Crippen molar-refractivity contribution < 1.29 is 14.3 Å². The average Bonchev–Trinajstić information content (AvgIpc) is 3.00. The Labute approximate surface area is 137 Å². The van der Waals surface area contributed by atoms with Gasteiger partial charge in [-0.15, -0.1) is 0 Å². The molecule has 1 fully saturated rings. The van der Waals surface area contributed by atoms with Gasteiger partial charge >= 0.3 is 11.8 Å². The lowest BCUT2D eigenvalue weighted by molar-refractivity contribution is -0.139. The van der Waals surface area contributed by atoms with E-state index in [0.717, 1.165) is 12.8 Å². The number of carbonyl (C=O) groups excluding carboxylic acids is 2. The normalized spacial score (nSPS) is 17.6. The van der Waals surface area contributed by atoms with Gasteiger partial charge in [0.1, 0.15) is 0 Å². The Balaban J connectivity index is 1.78. The molecule has 2 N–H and O–H groups in total. The van der Waals surface area contributed by atoms with Crippen molar-refractivity contribution in [1.29, 1.82) is 0 Å². The van der Waals surface area contributed by atoms with Gasteiger partial charge in [0.05, 0.1) is 17.3 Å². The summed E-state index contributed by atoms with van der Waals surface area (Å²) in [7, 11) is 0. The minimum absolute atomic E-state index is 0.0203. The van der Waals surface area contributed by atoms with Crippen LogP contribution in [0, 0.1) is 0 Å². The van der Waals surface area contributed by atoms with E-state index < -0.39 is 11.8 Å². The number of amides is 2. The molecule has 0 saturated carbocycles. The molecular formula is C14H15Cl2N3O3. The Bertz CT molecular complexity index is 587. The molecular weight excluding hydrogens is 329 g/mol. The SMILES string of the molecule is O=C(NC[C@@H]1CCCO1)C(=O)N/N=C\c1ccc(Cl)cc1Cl. The van der Waals surface area contributed by atoms with Crippen molar-refractivity contribution in [2.24, 2.45) is 5.10 Å². The molecule has 1 atom stereocenters. The van der Waals surface area contributed by atoms with E-state index in [2.05, 4.69) is 15.8 Å². The van der Waals surface area contributed by atoms with Crippen molar-refractivity contribution in [3.63, 3.8) is 0 Å². The topological polar surface area (TPSA) is 79.8 Å². The quantitative estimate of drug-likeness (QED) is 0.496. The van der Waals surface area contributed by atoms with Crippen molar-refractivity contribution in [2.75, 3.05) is 13.2 Å². The van der Waals surface area contributed by atoms with Crippen LogP contribution in [0.4, 0.5) is 0 Å². The van der Waals surface area contributed by atoms with Crippen LogP contribution in [0.5, 0.6) is 0 Å². The fourth-order valence-corrected chi connectivity index (χ4v) is 2.37. The third kappa shape index (κ3) is 4.98. The number of hydrazone groups is 1. The van der Waals surface area contributed by atoms with Crippen molar-refractivity contribution >= 4 is 41.2 Å². The van der Waals surface area contributed by atoms with Gasteiger partial charge < -0.3 is 10.1 Å². The first-order valence-electron chi connectivity index (χ1n) is 6.74. The first-order chi connectivity index (χ1) is 10.6. The Kier molecular flexibility index (Phi) is 6.18. The average molecular weight is 344 g/mol. The van der Waals surface area contributed by atoms with E-state index in [4.69, 9.17) is 27.9 Å². The number of benzene rings is 1. The number of nitrogens with one attached hydrogen (secondary N) is 2. The van der Waals surface area contributed by atoms with Gasteiger partial charge in [-0.25, -0.2) is 5.43 Å². The third-order valence-corrected chi connectivity index (χ3v) is 3.62. The van der Waals surface area contributed by atoms with Gasteiger partial charge in [-0.2, -0.15) is 5.10 Å². The Hall–Kier alpha value is -1.63. The second-order valence-electron chi connectivity index (χ2n) is 4.71. The predicted octanol–water partition coefficient (Wildman–Crippen LogP) is 1.74. The van der Waals surface area contributed by atoms with Crippen LogP contribution in [-0.2, 0) is 14.3 Å². The molecule has 1 aromatic rings. The number of rotatable bonds is 4. The zero-order chi connectivity index (χ0) is 15.9. The van der Waals surface area contributed by atoms with E-state index in [1.165, 1.54) is 6.21 Å². The lowest BCUT2D eigenvalue weighted by Gasteiger charge is -2.09. The van der Waals surface area contributed by atoms with Gasteiger partial charge in [-0.3, -0.25) is 9.59 Å². The zero-order valence-electron chi connectivity index (χ0n) is 11.6. The highest BCUT2D eigenvalue weighted by Crippen LogP contribution is 2.19. The highest BCUT2D eigenvalue weighted by molar-refractivity contribution is 6.36. The molecule has 0 spiro atoms. The van der Waals surface area contributed by atoms with Crippen LogP contribution in [0.25, 0.3) is 0 Å². The third-order valence-electron chi connectivity index (χ3n) is 3.05. The summed E-state index contributed by atoms with van der Waals surface area (Å²) < 4.78 is 5.34. The van der Waals surface area contributed by atoms with Crippen LogP contribution >= 0.6 is 23.2 Å². The number of carbonyl (C=O) groups is 2. The molecule has 22 heavy (non-hydrogen) atoms. The van der Waals surface area contributed by atoms with Gasteiger partial charge in [0.2, 0.25) is 0 Å². The summed E-state index contributed by atoms with van der Waals surface area (Å²) in [6.45, 7) is 1.01. The zero-order valence-corrected chi connectivity index (χ0v) is 13.2. The summed E-state index contributed by atoms with van der Waals surface area (Å²) in [5.74, 6) is -1.60. The number of hydrogen-bond acceptors (Lipinski definition) is 4. The van der Waals surface area contributed by atoms with Gasteiger partial charge in [0.25, 0.3) is 0 Å². The fourth-order valence-electron chi connectivity index (χ4n) is 1.91. The summed E-state index contributed by atoms with van der Waals surface area (Å²) >= 11 is 11.7. The maximum absolute atomic E-state index is 11.6. The van der Waals surface area contributed by atoms with Crippen LogP contribution in [0.3, 0.4) is 0 Å². The van der Waals surface area contributed by atoms with Crippen LogP contribution in [0.1, 0.15) is 18.4 Å². The molecule has 0 aliphatic carbocycles.